The zero-order chi connectivity index (χ0) is 15.7. The third kappa shape index (κ3) is 7.16. The third-order valence-corrected chi connectivity index (χ3v) is 4.18. The molecule has 1 saturated carbocycles. The summed E-state index contributed by atoms with van der Waals surface area (Å²) in [5.74, 6) is 1.72. The highest BCUT2D eigenvalue weighted by Gasteiger charge is 2.23. The van der Waals surface area contributed by atoms with Crippen molar-refractivity contribution < 1.29 is 14.3 Å². The molecule has 2 amide bonds. The van der Waals surface area contributed by atoms with Gasteiger partial charge in [-0.25, -0.2) is 9.59 Å². The molecule has 1 aliphatic carbocycles. The van der Waals surface area contributed by atoms with Gasteiger partial charge >= 0.3 is 12.0 Å². The van der Waals surface area contributed by atoms with Crippen LogP contribution in [0.15, 0.2) is 12.7 Å². The van der Waals surface area contributed by atoms with Crippen LogP contribution in [0.2, 0.25) is 0 Å². The van der Waals surface area contributed by atoms with E-state index in [1.54, 1.807) is 0 Å². The Morgan fingerprint density at radius 2 is 1.90 bits per heavy atom. The molecule has 1 aliphatic rings. The van der Waals surface area contributed by atoms with Gasteiger partial charge in [0.05, 0.1) is 6.54 Å². The van der Waals surface area contributed by atoms with Crippen LogP contribution in [0.1, 0.15) is 39.5 Å². The van der Waals surface area contributed by atoms with E-state index in [-0.39, 0.29) is 12.6 Å². The summed E-state index contributed by atoms with van der Waals surface area (Å²) < 4.78 is 4.77. The first kappa shape index (κ1) is 17.5. The van der Waals surface area contributed by atoms with Crippen LogP contribution in [-0.2, 0) is 9.53 Å². The quantitative estimate of drug-likeness (QED) is 0.431. The van der Waals surface area contributed by atoms with Crippen LogP contribution in [0.25, 0.3) is 0 Å². The van der Waals surface area contributed by atoms with Crippen LogP contribution in [0.5, 0.6) is 0 Å². The van der Waals surface area contributed by atoms with Gasteiger partial charge in [-0.05, 0) is 43.4 Å². The van der Waals surface area contributed by atoms with Crippen molar-refractivity contribution in [3.8, 4) is 0 Å². The van der Waals surface area contributed by atoms with E-state index < -0.39 is 5.97 Å². The smallest absolute Gasteiger partial charge is 0.330 e. The minimum absolute atomic E-state index is 0.164. The summed E-state index contributed by atoms with van der Waals surface area (Å²) in [4.78, 5) is 22.4. The molecule has 0 saturated heterocycles. The average molecular weight is 296 g/mol. The molecule has 2 N–H and O–H groups in total. The number of hydrogen-bond acceptors (Lipinski definition) is 3. The molecule has 5 heteroatoms. The van der Waals surface area contributed by atoms with Crippen LogP contribution in [0, 0.1) is 17.8 Å². The molecule has 0 bridgehead atoms. The van der Waals surface area contributed by atoms with Gasteiger partial charge in [-0.1, -0.05) is 20.4 Å². The minimum Gasteiger partial charge on any atom is -0.461 e. The van der Waals surface area contributed by atoms with E-state index in [9.17, 15) is 9.59 Å². The molecule has 0 aromatic rings. The lowest BCUT2D eigenvalue weighted by atomic mass is 9.77. The number of amides is 2. The van der Waals surface area contributed by atoms with Gasteiger partial charge in [-0.15, -0.1) is 0 Å². The normalized spacial score (nSPS) is 21.7. The molecule has 1 rings (SSSR count). The standard InChI is InChI=1S/C16H28N2O3/c1-4-15(19)21-10-9-17-16(20)18-11-13-5-7-14(8-6-13)12(2)3/h4,12-14H,1,5-11H2,2-3H3,(H2,17,18,20). The molecule has 0 spiro atoms. The lowest BCUT2D eigenvalue weighted by Gasteiger charge is -2.30. The molecule has 0 atom stereocenters. The van der Waals surface area contributed by atoms with Gasteiger partial charge in [0.15, 0.2) is 0 Å². The summed E-state index contributed by atoms with van der Waals surface area (Å²) in [6, 6.07) is -0.198. The predicted molar refractivity (Wildman–Crippen MR) is 82.8 cm³/mol. The highest BCUT2D eigenvalue weighted by molar-refractivity contribution is 5.81. The number of carbonyl (C=O) groups is 2. The largest absolute Gasteiger partial charge is 0.461 e. The van der Waals surface area contributed by atoms with E-state index in [1.807, 2.05) is 0 Å². The Bertz CT molecular complexity index is 347. The van der Waals surface area contributed by atoms with E-state index >= 15 is 0 Å². The van der Waals surface area contributed by atoms with Crippen LogP contribution < -0.4 is 10.6 Å². The lowest BCUT2D eigenvalue weighted by Crippen LogP contribution is -2.40. The summed E-state index contributed by atoms with van der Waals surface area (Å²) in [6.07, 6.45) is 6.03. The number of rotatable bonds is 7. The van der Waals surface area contributed by atoms with Gasteiger partial charge in [-0.3, -0.25) is 0 Å². The van der Waals surface area contributed by atoms with Gasteiger partial charge in [-0.2, -0.15) is 0 Å². The molecule has 0 unspecified atom stereocenters. The lowest BCUT2D eigenvalue weighted by molar-refractivity contribution is -0.137. The van der Waals surface area contributed by atoms with Crippen molar-refractivity contribution in [1.82, 2.24) is 10.6 Å². The van der Waals surface area contributed by atoms with Crippen molar-refractivity contribution in [2.45, 2.75) is 39.5 Å². The fourth-order valence-corrected chi connectivity index (χ4v) is 2.73. The summed E-state index contributed by atoms with van der Waals surface area (Å²) in [7, 11) is 0. The summed E-state index contributed by atoms with van der Waals surface area (Å²) in [5, 5.41) is 5.55. The van der Waals surface area contributed by atoms with E-state index in [1.165, 1.54) is 25.7 Å². The summed E-state index contributed by atoms with van der Waals surface area (Å²) >= 11 is 0. The molecule has 0 aliphatic heterocycles. The first-order valence-corrected chi connectivity index (χ1v) is 7.83. The Labute approximate surface area is 127 Å². The zero-order valence-electron chi connectivity index (χ0n) is 13.2. The fraction of sp³-hybridized carbons (Fsp3) is 0.750. The predicted octanol–water partition coefficient (Wildman–Crippen LogP) is 2.48. The Balaban J connectivity index is 2.06. The SMILES string of the molecule is C=CC(=O)OCCNC(=O)NCC1CCC(C(C)C)CC1. The number of ether oxygens (including phenoxy) is 1. The van der Waals surface area contributed by atoms with Crippen molar-refractivity contribution in [3.63, 3.8) is 0 Å². The van der Waals surface area contributed by atoms with E-state index in [0.717, 1.165) is 24.5 Å². The highest BCUT2D eigenvalue weighted by Crippen LogP contribution is 2.32. The summed E-state index contributed by atoms with van der Waals surface area (Å²) in [5.41, 5.74) is 0. The van der Waals surface area contributed by atoms with Crippen LogP contribution in [-0.4, -0.2) is 31.7 Å². The van der Waals surface area contributed by atoms with E-state index in [4.69, 9.17) is 4.74 Å². The average Bonchev–Trinajstić information content (AvgIpc) is 2.49. The van der Waals surface area contributed by atoms with Crippen molar-refractivity contribution in [2.24, 2.45) is 17.8 Å². The number of esters is 1. The molecular formula is C16H28N2O3. The van der Waals surface area contributed by atoms with E-state index in [0.29, 0.717) is 12.5 Å². The van der Waals surface area contributed by atoms with Crippen molar-refractivity contribution in [2.75, 3.05) is 19.7 Å². The molecule has 21 heavy (non-hydrogen) atoms. The second kappa shape index (κ2) is 9.42. The molecule has 0 aromatic carbocycles. The summed E-state index contributed by atoms with van der Waals surface area (Å²) in [6.45, 7) is 9.07. The fourth-order valence-electron chi connectivity index (χ4n) is 2.73. The molecule has 0 heterocycles. The Kier molecular flexibility index (Phi) is 7.87. The second-order valence-electron chi connectivity index (χ2n) is 6.03. The molecule has 0 radical (unpaired) electrons. The monoisotopic (exact) mass is 296 g/mol. The Hall–Kier alpha value is -1.52. The third-order valence-electron chi connectivity index (χ3n) is 4.18. The number of hydrogen-bond donors (Lipinski definition) is 2. The van der Waals surface area contributed by atoms with Gasteiger partial charge in [0.2, 0.25) is 0 Å². The van der Waals surface area contributed by atoms with Gasteiger partial charge in [0, 0.05) is 12.6 Å². The van der Waals surface area contributed by atoms with Crippen molar-refractivity contribution in [3.05, 3.63) is 12.7 Å². The number of urea groups is 1. The second-order valence-corrected chi connectivity index (χ2v) is 6.03. The molecular weight excluding hydrogens is 268 g/mol. The van der Waals surface area contributed by atoms with Gasteiger partial charge in [0.25, 0.3) is 0 Å². The Morgan fingerprint density at radius 3 is 2.48 bits per heavy atom. The minimum atomic E-state index is -0.473. The first-order valence-electron chi connectivity index (χ1n) is 7.83. The molecule has 1 fully saturated rings. The maximum atomic E-state index is 11.6. The molecule has 120 valence electrons. The maximum Gasteiger partial charge on any atom is 0.330 e. The molecule has 5 nitrogen and oxygen atoms in total. The Morgan fingerprint density at radius 1 is 1.24 bits per heavy atom. The van der Waals surface area contributed by atoms with Crippen LogP contribution in [0.4, 0.5) is 4.79 Å². The van der Waals surface area contributed by atoms with E-state index in [2.05, 4.69) is 31.1 Å². The number of carbonyl (C=O) groups excluding carboxylic acids is 2. The maximum absolute atomic E-state index is 11.6. The first-order chi connectivity index (χ1) is 10.0. The zero-order valence-corrected chi connectivity index (χ0v) is 13.2. The van der Waals surface area contributed by atoms with Crippen LogP contribution in [0.3, 0.4) is 0 Å². The van der Waals surface area contributed by atoms with Gasteiger partial charge < -0.3 is 15.4 Å². The number of nitrogens with one attached hydrogen (secondary N) is 2. The van der Waals surface area contributed by atoms with Crippen LogP contribution >= 0.6 is 0 Å². The van der Waals surface area contributed by atoms with Crippen molar-refractivity contribution in [1.29, 1.82) is 0 Å². The topological polar surface area (TPSA) is 67.4 Å². The molecule has 0 aromatic heterocycles. The highest BCUT2D eigenvalue weighted by atomic mass is 16.5. The van der Waals surface area contributed by atoms with Gasteiger partial charge in [0.1, 0.15) is 6.61 Å². The van der Waals surface area contributed by atoms with Crippen molar-refractivity contribution >= 4 is 12.0 Å².